The van der Waals surface area contributed by atoms with Crippen molar-refractivity contribution < 1.29 is 23.5 Å². The Hall–Kier alpha value is -3.06. The van der Waals surface area contributed by atoms with Crippen LogP contribution in [-0.2, 0) is 20.9 Å². The van der Waals surface area contributed by atoms with E-state index < -0.39 is 0 Å². The van der Waals surface area contributed by atoms with E-state index in [9.17, 15) is 9.59 Å². The van der Waals surface area contributed by atoms with Gasteiger partial charge < -0.3 is 18.8 Å². The van der Waals surface area contributed by atoms with E-state index in [0.29, 0.717) is 55.5 Å². The Morgan fingerprint density at radius 3 is 2.43 bits per heavy atom. The number of hydrogen-bond donors (Lipinski definition) is 0. The summed E-state index contributed by atoms with van der Waals surface area (Å²) in [4.78, 5) is 29.6. The van der Waals surface area contributed by atoms with E-state index in [4.69, 9.17) is 13.9 Å². The number of carbonyl (C=O) groups is 2. The molecule has 2 aliphatic rings. The van der Waals surface area contributed by atoms with Gasteiger partial charge in [-0.2, -0.15) is 0 Å². The standard InChI is InChI=1S/C21H22N2O5/c1-2-27-16-7-5-15(6-8-16)18-19(22-9-12-26-13-10-22)21(25)23(20(18)24)14-17-4-3-11-28-17/h3-8,11H,2,9-10,12-14H2,1H3. The van der Waals surface area contributed by atoms with Crippen LogP contribution in [0.25, 0.3) is 5.57 Å². The van der Waals surface area contributed by atoms with E-state index in [-0.39, 0.29) is 18.4 Å². The summed E-state index contributed by atoms with van der Waals surface area (Å²) in [7, 11) is 0. The average Bonchev–Trinajstić information content (AvgIpc) is 3.32. The molecule has 0 saturated carbocycles. The van der Waals surface area contributed by atoms with Gasteiger partial charge in [0.15, 0.2) is 0 Å². The van der Waals surface area contributed by atoms with Crippen LogP contribution in [-0.4, -0.2) is 54.5 Å². The Morgan fingerprint density at radius 2 is 1.79 bits per heavy atom. The van der Waals surface area contributed by atoms with Crippen molar-refractivity contribution in [1.82, 2.24) is 9.80 Å². The van der Waals surface area contributed by atoms with Gasteiger partial charge in [-0.25, -0.2) is 0 Å². The number of nitrogens with zero attached hydrogens (tertiary/aromatic N) is 2. The Morgan fingerprint density at radius 1 is 1.04 bits per heavy atom. The van der Waals surface area contributed by atoms with Gasteiger partial charge in [0, 0.05) is 13.1 Å². The fourth-order valence-corrected chi connectivity index (χ4v) is 3.49. The predicted molar refractivity (Wildman–Crippen MR) is 101 cm³/mol. The molecule has 0 spiro atoms. The van der Waals surface area contributed by atoms with Crippen LogP contribution in [0.1, 0.15) is 18.2 Å². The van der Waals surface area contributed by atoms with Gasteiger partial charge in [0.2, 0.25) is 0 Å². The molecule has 2 aromatic rings. The summed E-state index contributed by atoms with van der Waals surface area (Å²) in [6.45, 7) is 4.79. The van der Waals surface area contributed by atoms with Gasteiger partial charge in [0.25, 0.3) is 11.8 Å². The molecule has 0 unspecified atom stereocenters. The highest BCUT2D eigenvalue weighted by Gasteiger charge is 2.42. The van der Waals surface area contributed by atoms with E-state index in [1.54, 1.807) is 12.1 Å². The first-order valence-electron chi connectivity index (χ1n) is 9.38. The minimum absolute atomic E-state index is 0.110. The molecular formula is C21H22N2O5. The maximum atomic E-state index is 13.2. The summed E-state index contributed by atoms with van der Waals surface area (Å²) in [5, 5.41) is 0. The molecule has 146 valence electrons. The predicted octanol–water partition coefficient (Wildman–Crippen LogP) is 2.29. The topological polar surface area (TPSA) is 72.2 Å². The third kappa shape index (κ3) is 3.41. The minimum atomic E-state index is -0.313. The quantitative estimate of drug-likeness (QED) is 0.714. The number of benzene rings is 1. The zero-order valence-electron chi connectivity index (χ0n) is 15.7. The van der Waals surface area contributed by atoms with Gasteiger partial charge in [-0.3, -0.25) is 14.5 Å². The molecular weight excluding hydrogens is 360 g/mol. The molecule has 7 nitrogen and oxygen atoms in total. The van der Waals surface area contributed by atoms with Gasteiger partial charge in [-0.05, 0) is 36.8 Å². The van der Waals surface area contributed by atoms with Gasteiger partial charge in [-0.15, -0.1) is 0 Å². The number of ether oxygens (including phenoxy) is 2. The van der Waals surface area contributed by atoms with Gasteiger partial charge in [-0.1, -0.05) is 12.1 Å². The third-order valence-electron chi connectivity index (χ3n) is 4.82. The maximum absolute atomic E-state index is 13.2. The van der Waals surface area contributed by atoms with Crippen LogP contribution in [0.5, 0.6) is 5.75 Å². The molecule has 28 heavy (non-hydrogen) atoms. The first-order chi connectivity index (χ1) is 13.7. The lowest BCUT2D eigenvalue weighted by molar-refractivity contribution is -0.138. The first kappa shape index (κ1) is 18.3. The number of carbonyl (C=O) groups excluding carboxylic acids is 2. The van der Waals surface area contributed by atoms with E-state index >= 15 is 0 Å². The summed E-state index contributed by atoms with van der Waals surface area (Å²) in [6, 6.07) is 10.8. The molecule has 2 aliphatic heterocycles. The van der Waals surface area contributed by atoms with Crippen molar-refractivity contribution in [2.24, 2.45) is 0 Å². The minimum Gasteiger partial charge on any atom is -0.494 e. The van der Waals surface area contributed by atoms with E-state index in [1.165, 1.54) is 11.2 Å². The first-order valence-corrected chi connectivity index (χ1v) is 9.38. The SMILES string of the molecule is CCOc1ccc(C2=C(N3CCOCC3)C(=O)N(Cc3ccco3)C2=O)cc1. The van der Waals surface area contributed by atoms with Crippen molar-refractivity contribution in [1.29, 1.82) is 0 Å². The third-order valence-corrected chi connectivity index (χ3v) is 4.82. The largest absolute Gasteiger partial charge is 0.494 e. The summed E-state index contributed by atoms with van der Waals surface area (Å²) in [6.07, 6.45) is 1.53. The Labute approximate surface area is 163 Å². The molecule has 1 fully saturated rings. The summed E-state index contributed by atoms with van der Waals surface area (Å²) >= 11 is 0. The van der Waals surface area contributed by atoms with Crippen LogP contribution in [0.3, 0.4) is 0 Å². The number of amides is 2. The number of furan rings is 1. The van der Waals surface area contributed by atoms with Crippen molar-refractivity contribution in [3.05, 3.63) is 59.7 Å². The molecule has 0 aliphatic carbocycles. The van der Waals surface area contributed by atoms with Gasteiger partial charge in [0.05, 0.1) is 38.2 Å². The molecule has 4 rings (SSSR count). The monoisotopic (exact) mass is 382 g/mol. The Bertz CT molecular complexity index is 880. The lowest BCUT2D eigenvalue weighted by Gasteiger charge is -2.29. The lowest BCUT2D eigenvalue weighted by atomic mass is 10.0. The van der Waals surface area contributed by atoms with Crippen molar-refractivity contribution in [2.75, 3.05) is 32.9 Å². The molecule has 0 atom stereocenters. The van der Waals surface area contributed by atoms with Crippen LogP contribution in [0.4, 0.5) is 0 Å². The molecule has 3 heterocycles. The molecule has 0 bridgehead atoms. The molecule has 0 radical (unpaired) electrons. The zero-order chi connectivity index (χ0) is 19.5. The van der Waals surface area contributed by atoms with E-state index in [1.807, 2.05) is 36.1 Å². The highest BCUT2D eigenvalue weighted by molar-refractivity contribution is 6.35. The molecule has 1 aromatic carbocycles. The van der Waals surface area contributed by atoms with Crippen LogP contribution >= 0.6 is 0 Å². The number of imide groups is 1. The molecule has 1 aromatic heterocycles. The number of rotatable bonds is 6. The van der Waals surface area contributed by atoms with Crippen LogP contribution in [0.15, 0.2) is 52.8 Å². The summed E-state index contributed by atoms with van der Waals surface area (Å²) < 4.78 is 16.2. The van der Waals surface area contributed by atoms with E-state index in [2.05, 4.69) is 0 Å². The van der Waals surface area contributed by atoms with Crippen molar-refractivity contribution >= 4 is 17.4 Å². The second-order valence-electron chi connectivity index (χ2n) is 6.56. The highest BCUT2D eigenvalue weighted by Crippen LogP contribution is 2.33. The number of morpholine rings is 1. The number of hydrogen-bond acceptors (Lipinski definition) is 6. The van der Waals surface area contributed by atoms with Crippen LogP contribution in [0.2, 0.25) is 0 Å². The maximum Gasteiger partial charge on any atom is 0.278 e. The van der Waals surface area contributed by atoms with Crippen LogP contribution in [0, 0.1) is 0 Å². The summed E-state index contributed by atoms with van der Waals surface area (Å²) in [5.41, 5.74) is 1.55. The van der Waals surface area contributed by atoms with Gasteiger partial charge >= 0.3 is 0 Å². The van der Waals surface area contributed by atoms with Crippen molar-refractivity contribution in [3.8, 4) is 5.75 Å². The highest BCUT2D eigenvalue weighted by atomic mass is 16.5. The fourth-order valence-electron chi connectivity index (χ4n) is 3.49. The van der Waals surface area contributed by atoms with Crippen molar-refractivity contribution in [3.63, 3.8) is 0 Å². The Balaban J connectivity index is 1.71. The molecule has 0 N–H and O–H groups in total. The van der Waals surface area contributed by atoms with Crippen molar-refractivity contribution in [2.45, 2.75) is 13.5 Å². The van der Waals surface area contributed by atoms with Gasteiger partial charge in [0.1, 0.15) is 17.2 Å². The fraction of sp³-hybridized carbons (Fsp3) is 0.333. The molecule has 1 saturated heterocycles. The molecule has 7 heteroatoms. The van der Waals surface area contributed by atoms with E-state index in [0.717, 1.165) is 5.75 Å². The molecule has 2 amide bonds. The second kappa shape index (κ2) is 7.90. The summed E-state index contributed by atoms with van der Waals surface area (Å²) in [5.74, 6) is 0.680. The normalized spacial score (nSPS) is 17.6. The Kier molecular flexibility index (Phi) is 5.16. The smallest absolute Gasteiger partial charge is 0.278 e. The van der Waals surface area contributed by atoms with Crippen LogP contribution < -0.4 is 4.74 Å². The lowest BCUT2D eigenvalue weighted by Crippen LogP contribution is -2.40. The second-order valence-corrected chi connectivity index (χ2v) is 6.56. The average molecular weight is 382 g/mol. The zero-order valence-corrected chi connectivity index (χ0v) is 15.7.